The molecule has 0 atom stereocenters. The van der Waals surface area contributed by atoms with Crippen LogP contribution in [-0.4, -0.2) is 41.8 Å². The number of nitrogens with one attached hydrogen (secondary N) is 1. The van der Waals surface area contributed by atoms with Crippen molar-refractivity contribution in [2.45, 2.75) is 58.4 Å². The van der Waals surface area contributed by atoms with E-state index in [0.717, 1.165) is 12.8 Å². The molecule has 1 saturated heterocycles. The van der Waals surface area contributed by atoms with Crippen LogP contribution in [0.4, 0.5) is 0 Å². The minimum atomic E-state index is -0.414. The van der Waals surface area contributed by atoms with Crippen LogP contribution >= 0.6 is 0 Å². The maximum absolute atomic E-state index is 12.7. The Kier molecular flexibility index (Phi) is 7.07. The van der Waals surface area contributed by atoms with E-state index in [1.54, 1.807) is 35.2 Å². The summed E-state index contributed by atoms with van der Waals surface area (Å²) in [5.74, 6) is 0.412. The van der Waals surface area contributed by atoms with Gasteiger partial charge in [-0.2, -0.15) is 0 Å². The van der Waals surface area contributed by atoms with Crippen molar-refractivity contribution in [3.8, 4) is 5.75 Å². The quantitative estimate of drug-likeness (QED) is 0.468. The summed E-state index contributed by atoms with van der Waals surface area (Å²) in [5.41, 5.74) is 1.68. The first-order valence-electron chi connectivity index (χ1n) is 10.5. The van der Waals surface area contributed by atoms with Crippen LogP contribution in [0.15, 0.2) is 35.9 Å². The molecule has 3 rings (SSSR count). The van der Waals surface area contributed by atoms with Crippen LogP contribution < -0.4 is 10.1 Å². The number of hydrogen-bond donors (Lipinski definition) is 1. The van der Waals surface area contributed by atoms with E-state index in [9.17, 15) is 14.4 Å². The Morgan fingerprint density at radius 2 is 1.76 bits per heavy atom. The molecule has 1 aromatic rings. The molecule has 1 saturated carbocycles. The fourth-order valence-corrected chi connectivity index (χ4v) is 4.22. The van der Waals surface area contributed by atoms with Gasteiger partial charge in [-0.3, -0.25) is 14.4 Å². The summed E-state index contributed by atoms with van der Waals surface area (Å²) >= 11 is 0. The molecule has 0 spiro atoms. The largest absolute Gasteiger partial charge is 0.427 e. The minimum absolute atomic E-state index is 0.0201. The van der Waals surface area contributed by atoms with Gasteiger partial charge in [0.2, 0.25) is 5.91 Å². The van der Waals surface area contributed by atoms with Crippen molar-refractivity contribution in [3.05, 3.63) is 41.5 Å². The van der Waals surface area contributed by atoms with Gasteiger partial charge in [0.25, 0.3) is 5.91 Å². The molecule has 0 bridgehead atoms. The van der Waals surface area contributed by atoms with E-state index in [4.69, 9.17) is 4.74 Å². The van der Waals surface area contributed by atoms with Gasteiger partial charge in [0, 0.05) is 37.7 Å². The van der Waals surface area contributed by atoms with Crippen LogP contribution in [0.2, 0.25) is 0 Å². The normalized spacial score (nSPS) is 18.6. The molecule has 1 N–H and O–H groups in total. The number of amides is 2. The van der Waals surface area contributed by atoms with Gasteiger partial charge < -0.3 is 15.0 Å². The summed E-state index contributed by atoms with van der Waals surface area (Å²) < 4.78 is 5.06. The van der Waals surface area contributed by atoms with Gasteiger partial charge in [0.1, 0.15) is 5.75 Å². The molecule has 1 aliphatic heterocycles. The Bertz CT molecular complexity index is 788. The van der Waals surface area contributed by atoms with Gasteiger partial charge in [-0.1, -0.05) is 24.5 Å². The summed E-state index contributed by atoms with van der Waals surface area (Å²) in [4.78, 5) is 38.0. The maximum Gasteiger partial charge on any atom is 0.308 e. The molecule has 0 unspecified atom stereocenters. The van der Waals surface area contributed by atoms with E-state index in [1.807, 2.05) is 0 Å². The first kappa shape index (κ1) is 21.1. The molecule has 2 fully saturated rings. The number of carbonyl (C=O) groups is 3. The number of carbonyl (C=O) groups excluding carboxylic acids is 3. The standard InChI is InChI=1S/C23H30N2O4/c1-16(18-6-3-4-7-18)14-22(27)24-20-10-12-25(13-11-20)23(28)19-8-5-9-21(15-19)29-17(2)26/h5,8-9,14-15,18,20H,3-4,6-7,10-13H2,1-2H3,(H,24,27)/b16-14+. The van der Waals surface area contributed by atoms with Crippen molar-refractivity contribution in [1.29, 1.82) is 0 Å². The van der Waals surface area contributed by atoms with Gasteiger partial charge in [-0.05, 0) is 56.7 Å². The van der Waals surface area contributed by atoms with Crippen LogP contribution in [0, 0.1) is 5.92 Å². The number of esters is 1. The summed E-state index contributed by atoms with van der Waals surface area (Å²) in [7, 11) is 0. The van der Waals surface area contributed by atoms with Gasteiger partial charge in [-0.25, -0.2) is 0 Å². The van der Waals surface area contributed by atoms with Crippen molar-refractivity contribution < 1.29 is 19.1 Å². The van der Waals surface area contributed by atoms with E-state index in [0.29, 0.717) is 30.3 Å². The van der Waals surface area contributed by atoms with Crippen LogP contribution in [0.1, 0.15) is 62.7 Å². The Labute approximate surface area is 172 Å². The van der Waals surface area contributed by atoms with Crippen molar-refractivity contribution in [2.75, 3.05) is 13.1 Å². The van der Waals surface area contributed by atoms with Crippen LogP contribution in [0.5, 0.6) is 5.75 Å². The lowest BCUT2D eigenvalue weighted by molar-refractivity contribution is -0.131. The monoisotopic (exact) mass is 398 g/mol. The Balaban J connectivity index is 1.49. The fraction of sp³-hybridized carbons (Fsp3) is 0.522. The Morgan fingerprint density at radius 3 is 2.41 bits per heavy atom. The summed E-state index contributed by atoms with van der Waals surface area (Å²) in [5, 5.41) is 3.09. The SMILES string of the molecule is CC(=O)Oc1cccc(C(=O)N2CCC(NC(=O)/C=C(\C)C3CCCC3)CC2)c1. The third-order valence-corrected chi connectivity index (χ3v) is 5.83. The second-order valence-electron chi connectivity index (χ2n) is 8.07. The van der Waals surface area contributed by atoms with E-state index in [2.05, 4.69) is 12.2 Å². The number of nitrogens with zero attached hydrogens (tertiary/aromatic N) is 1. The highest BCUT2D eigenvalue weighted by molar-refractivity contribution is 5.95. The van der Waals surface area contributed by atoms with Gasteiger partial charge in [-0.15, -0.1) is 0 Å². The zero-order valence-electron chi connectivity index (χ0n) is 17.3. The second kappa shape index (κ2) is 9.72. The summed E-state index contributed by atoms with van der Waals surface area (Å²) in [6.45, 7) is 4.57. The Hall–Kier alpha value is -2.63. The Morgan fingerprint density at radius 1 is 1.07 bits per heavy atom. The van der Waals surface area contributed by atoms with Crippen molar-refractivity contribution in [2.24, 2.45) is 5.92 Å². The van der Waals surface area contributed by atoms with E-state index < -0.39 is 5.97 Å². The number of rotatable bonds is 5. The molecular formula is C23H30N2O4. The predicted octanol–water partition coefficient (Wildman–Crippen LogP) is 3.47. The number of likely N-dealkylation sites (tertiary alicyclic amines) is 1. The molecule has 156 valence electrons. The second-order valence-corrected chi connectivity index (χ2v) is 8.07. The third kappa shape index (κ3) is 5.92. The number of ether oxygens (including phenoxy) is 1. The van der Waals surface area contributed by atoms with Gasteiger partial charge >= 0.3 is 5.97 Å². The highest BCUT2D eigenvalue weighted by Crippen LogP contribution is 2.30. The lowest BCUT2D eigenvalue weighted by Crippen LogP contribution is -2.46. The van der Waals surface area contributed by atoms with Crippen LogP contribution in [0.25, 0.3) is 0 Å². The van der Waals surface area contributed by atoms with Crippen molar-refractivity contribution in [1.82, 2.24) is 10.2 Å². The molecule has 1 aliphatic carbocycles. The van der Waals surface area contributed by atoms with Crippen LogP contribution in [0.3, 0.4) is 0 Å². The lowest BCUT2D eigenvalue weighted by Gasteiger charge is -2.32. The first-order chi connectivity index (χ1) is 13.9. The molecule has 0 radical (unpaired) electrons. The number of hydrogen-bond acceptors (Lipinski definition) is 4. The van der Waals surface area contributed by atoms with Gasteiger partial charge in [0.15, 0.2) is 0 Å². The zero-order valence-corrected chi connectivity index (χ0v) is 17.3. The smallest absolute Gasteiger partial charge is 0.308 e. The summed E-state index contributed by atoms with van der Waals surface area (Å²) in [6.07, 6.45) is 8.12. The molecular weight excluding hydrogens is 368 g/mol. The molecule has 1 aromatic carbocycles. The molecule has 2 aliphatic rings. The average molecular weight is 399 g/mol. The lowest BCUT2D eigenvalue weighted by atomic mass is 9.98. The maximum atomic E-state index is 12.7. The van der Waals surface area contributed by atoms with Crippen LogP contribution in [-0.2, 0) is 9.59 Å². The number of benzene rings is 1. The van der Waals surface area contributed by atoms with Gasteiger partial charge in [0.05, 0.1) is 0 Å². The average Bonchev–Trinajstić information content (AvgIpc) is 3.22. The highest BCUT2D eigenvalue weighted by Gasteiger charge is 2.25. The van der Waals surface area contributed by atoms with E-state index in [-0.39, 0.29) is 17.9 Å². The molecule has 2 amide bonds. The molecule has 0 aromatic heterocycles. The molecule has 29 heavy (non-hydrogen) atoms. The molecule has 1 heterocycles. The third-order valence-electron chi connectivity index (χ3n) is 5.83. The van der Waals surface area contributed by atoms with Crippen molar-refractivity contribution >= 4 is 17.8 Å². The minimum Gasteiger partial charge on any atom is -0.427 e. The molecule has 6 nitrogen and oxygen atoms in total. The van der Waals surface area contributed by atoms with E-state index >= 15 is 0 Å². The first-order valence-corrected chi connectivity index (χ1v) is 10.5. The number of allylic oxidation sites excluding steroid dienone is 1. The highest BCUT2D eigenvalue weighted by atomic mass is 16.5. The topological polar surface area (TPSA) is 75.7 Å². The van der Waals surface area contributed by atoms with E-state index in [1.165, 1.54) is 38.2 Å². The zero-order chi connectivity index (χ0) is 20.8. The molecule has 6 heteroatoms. The number of piperidine rings is 1. The predicted molar refractivity (Wildman–Crippen MR) is 111 cm³/mol. The summed E-state index contributed by atoms with van der Waals surface area (Å²) in [6, 6.07) is 6.76. The fourth-order valence-electron chi connectivity index (χ4n) is 4.22. The van der Waals surface area contributed by atoms with Crippen molar-refractivity contribution in [3.63, 3.8) is 0 Å².